The molecule has 6 rings (SSSR count). The van der Waals surface area contributed by atoms with Crippen LogP contribution in [0.15, 0.2) is 71.8 Å². The van der Waals surface area contributed by atoms with E-state index in [0.717, 1.165) is 47.6 Å². The van der Waals surface area contributed by atoms with Gasteiger partial charge in [-0.25, -0.2) is 8.42 Å². The molecule has 0 spiro atoms. The Morgan fingerprint density at radius 1 is 1.08 bits per heavy atom. The zero-order valence-electron chi connectivity index (χ0n) is 21.1. The van der Waals surface area contributed by atoms with Crippen molar-refractivity contribution in [2.45, 2.75) is 49.6 Å². The average molecular weight is 532 g/mol. The van der Waals surface area contributed by atoms with Gasteiger partial charge in [0.15, 0.2) is 5.65 Å². The molecule has 1 N–H and O–H groups in total. The van der Waals surface area contributed by atoms with Gasteiger partial charge >= 0.3 is 5.97 Å². The van der Waals surface area contributed by atoms with Gasteiger partial charge in [-0.3, -0.25) is 9.20 Å². The van der Waals surface area contributed by atoms with Gasteiger partial charge in [0, 0.05) is 37.8 Å². The molecule has 0 saturated carbocycles. The second-order valence-corrected chi connectivity index (χ2v) is 12.0. The maximum Gasteiger partial charge on any atom is 0.304 e. The molecule has 4 aromatic rings. The maximum absolute atomic E-state index is 13.8. The van der Waals surface area contributed by atoms with Gasteiger partial charge < -0.3 is 10.0 Å². The van der Waals surface area contributed by atoms with E-state index in [4.69, 9.17) is 0 Å². The normalized spacial score (nSPS) is 19.6. The summed E-state index contributed by atoms with van der Waals surface area (Å²) < 4.78 is 31.0. The highest BCUT2D eigenvalue weighted by Crippen LogP contribution is 2.38. The molecule has 1 saturated heterocycles. The van der Waals surface area contributed by atoms with Gasteiger partial charge in [-0.05, 0) is 60.7 Å². The molecule has 196 valence electrons. The fourth-order valence-electron chi connectivity index (χ4n) is 5.83. The number of para-hydroxylation sites is 1. The zero-order valence-corrected chi connectivity index (χ0v) is 21.9. The molecule has 2 aromatic heterocycles. The molecule has 0 radical (unpaired) electrons. The highest BCUT2D eigenvalue weighted by Gasteiger charge is 2.39. The molecule has 2 atom stereocenters. The first-order valence-corrected chi connectivity index (χ1v) is 14.2. The SMILES string of the molecule is Cc1nnc2cc([C@H](CC(=O)O)c3cccc(CN4CC5CCCN5c5ccccc5S4(=O)=O)c3)ccn12. The number of aryl methyl sites for hydroxylation is 1. The number of anilines is 1. The Labute approximate surface area is 221 Å². The van der Waals surface area contributed by atoms with Crippen molar-refractivity contribution < 1.29 is 18.3 Å². The Morgan fingerprint density at radius 2 is 1.89 bits per heavy atom. The van der Waals surface area contributed by atoms with Gasteiger partial charge in [0.05, 0.1) is 12.1 Å². The number of sulfonamides is 1. The number of carbonyl (C=O) groups is 1. The number of benzene rings is 2. The third-order valence-corrected chi connectivity index (χ3v) is 9.54. The highest BCUT2D eigenvalue weighted by atomic mass is 32.2. The van der Waals surface area contributed by atoms with Crippen molar-refractivity contribution in [2.24, 2.45) is 0 Å². The summed E-state index contributed by atoms with van der Waals surface area (Å²) in [7, 11) is -3.71. The molecule has 0 amide bonds. The second kappa shape index (κ2) is 9.52. The van der Waals surface area contributed by atoms with Gasteiger partial charge in [0.25, 0.3) is 0 Å². The Hall–Kier alpha value is -3.76. The smallest absolute Gasteiger partial charge is 0.304 e. The summed E-state index contributed by atoms with van der Waals surface area (Å²) >= 11 is 0. The van der Waals surface area contributed by atoms with Crippen LogP contribution in [0.2, 0.25) is 0 Å². The Morgan fingerprint density at radius 3 is 2.74 bits per heavy atom. The number of carboxylic acid groups (broad SMARTS) is 1. The topological polar surface area (TPSA) is 108 Å². The number of aliphatic carboxylic acids is 1. The lowest BCUT2D eigenvalue weighted by molar-refractivity contribution is -0.137. The van der Waals surface area contributed by atoms with E-state index in [1.54, 1.807) is 16.4 Å². The molecular formula is C28H29N5O4S. The van der Waals surface area contributed by atoms with Crippen LogP contribution >= 0.6 is 0 Å². The van der Waals surface area contributed by atoms with Crippen LogP contribution in [0.25, 0.3) is 5.65 Å². The van der Waals surface area contributed by atoms with Crippen LogP contribution in [0, 0.1) is 6.92 Å². The molecule has 4 heterocycles. The first-order valence-electron chi connectivity index (χ1n) is 12.8. The van der Waals surface area contributed by atoms with Crippen molar-refractivity contribution >= 4 is 27.3 Å². The van der Waals surface area contributed by atoms with Crippen LogP contribution < -0.4 is 4.90 Å². The molecule has 0 bridgehead atoms. The summed E-state index contributed by atoms with van der Waals surface area (Å²) in [5, 5.41) is 18.0. The number of nitrogens with zero attached hydrogens (tertiary/aromatic N) is 5. The number of hydrogen-bond acceptors (Lipinski definition) is 6. The predicted molar refractivity (Wildman–Crippen MR) is 143 cm³/mol. The van der Waals surface area contributed by atoms with Crippen LogP contribution in [-0.2, 0) is 21.4 Å². The maximum atomic E-state index is 13.8. The molecule has 2 aliphatic rings. The van der Waals surface area contributed by atoms with Crippen molar-refractivity contribution in [2.75, 3.05) is 18.0 Å². The Balaban J connectivity index is 1.35. The van der Waals surface area contributed by atoms with Gasteiger partial charge in [-0.2, -0.15) is 4.31 Å². The minimum Gasteiger partial charge on any atom is -0.481 e. The summed E-state index contributed by atoms with van der Waals surface area (Å²) in [4.78, 5) is 14.4. The molecular weight excluding hydrogens is 502 g/mol. The van der Waals surface area contributed by atoms with Gasteiger partial charge in [0.1, 0.15) is 10.7 Å². The van der Waals surface area contributed by atoms with E-state index in [2.05, 4.69) is 15.1 Å². The van der Waals surface area contributed by atoms with E-state index in [0.29, 0.717) is 17.1 Å². The molecule has 2 aromatic carbocycles. The molecule has 1 unspecified atom stereocenters. The van der Waals surface area contributed by atoms with E-state index in [9.17, 15) is 18.3 Å². The lowest BCUT2D eigenvalue weighted by atomic mass is 9.88. The van der Waals surface area contributed by atoms with Gasteiger partial charge in [0.2, 0.25) is 10.0 Å². The first-order chi connectivity index (χ1) is 18.3. The summed E-state index contributed by atoms with van der Waals surface area (Å²) in [6.07, 6.45) is 3.74. The quantitative estimate of drug-likeness (QED) is 0.403. The fourth-order valence-corrected chi connectivity index (χ4v) is 7.50. The number of carboxylic acids is 1. The molecule has 0 aliphatic carbocycles. The molecule has 38 heavy (non-hydrogen) atoms. The number of hydrogen-bond donors (Lipinski definition) is 1. The monoisotopic (exact) mass is 531 g/mol. The van der Waals surface area contributed by atoms with E-state index in [1.165, 1.54) is 0 Å². The zero-order chi connectivity index (χ0) is 26.4. The van der Waals surface area contributed by atoms with Crippen molar-refractivity contribution in [3.63, 3.8) is 0 Å². The molecule has 2 aliphatic heterocycles. The lowest BCUT2D eigenvalue weighted by Gasteiger charge is -2.26. The minimum atomic E-state index is -3.71. The van der Waals surface area contributed by atoms with Crippen molar-refractivity contribution in [1.82, 2.24) is 18.9 Å². The third-order valence-electron chi connectivity index (χ3n) is 7.68. The lowest BCUT2D eigenvalue weighted by Crippen LogP contribution is -2.39. The predicted octanol–water partition coefficient (Wildman–Crippen LogP) is 3.82. The van der Waals surface area contributed by atoms with E-state index >= 15 is 0 Å². The molecule has 9 nitrogen and oxygen atoms in total. The fraction of sp³-hybridized carbons (Fsp3) is 0.321. The Bertz CT molecular complexity index is 1630. The van der Waals surface area contributed by atoms with Crippen LogP contribution in [0.3, 0.4) is 0 Å². The Kier molecular flexibility index (Phi) is 6.16. The van der Waals surface area contributed by atoms with E-state index in [1.807, 2.05) is 66.1 Å². The standard InChI is InChI=1S/C28H29N5O4S/c1-19-29-30-27-15-22(11-13-32(19)27)24(16-28(34)35)21-7-4-6-20(14-21)17-31-18-23-8-5-12-33(23)25-9-2-3-10-26(25)38(31,36)37/h2-4,6-7,9-11,13-15,23-24H,5,8,12,16-18H2,1H3,(H,34,35)/t23?,24-/m1/s1. The summed E-state index contributed by atoms with van der Waals surface area (Å²) in [5.74, 6) is -0.573. The average Bonchev–Trinajstić information content (AvgIpc) is 3.51. The van der Waals surface area contributed by atoms with Crippen molar-refractivity contribution in [3.8, 4) is 0 Å². The largest absolute Gasteiger partial charge is 0.481 e. The minimum absolute atomic E-state index is 0.0980. The van der Waals surface area contributed by atoms with Crippen molar-refractivity contribution in [1.29, 1.82) is 0 Å². The summed E-state index contributed by atoms with van der Waals surface area (Å²) in [6.45, 7) is 3.35. The number of fused-ring (bicyclic) bond motifs is 4. The van der Waals surface area contributed by atoms with Crippen molar-refractivity contribution in [3.05, 3.63) is 89.4 Å². The third kappa shape index (κ3) is 4.33. The summed E-state index contributed by atoms with van der Waals surface area (Å²) in [6, 6.07) is 18.8. The van der Waals surface area contributed by atoms with Gasteiger partial charge in [-0.1, -0.05) is 36.4 Å². The highest BCUT2D eigenvalue weighted by molar-refractivity contribution is 7.89. The number of rotatable bonds is 6. The van der Waals surface area contributed by atoms with Crippen LogP contribution in [-0.4, -0.2) is 57.5 Å². The van der Waals surface area contributed by atoms with Crippen LogP contribution in [0.4, 0.5) is 5.69 Å². The van der Waals surface area contributed by atoms with Gasteiger partial charge in [-0.15, -0.1) is 10.2 Å². The van der Waals surface area contributed by atoms with Crippen LogP contribution in [0.5, 0.6) is 0 Å². The van der Waals surface area contributed by atoms with Crippen LogP contribution in [0.1, 0.15) is 47.7 Å². The molecule has 1 fully saturated rings. The summed E-state index contributed by atoms with van der Waals surface area (Å²) in [5.41, 5.74) is 3.90. The second-order valence-electron chi connectivity index (χ2n) is 10.1. The number of pyridine rings is 1. The van der Waals surface area contributed by atoms with E-state index < -0.39 is 21.9 Å². The molecule has 10 heteroatoms. The number of aromatic nitrogens is 3. The van der Waals surface area contributed by atoms with E-state index in [-0.39, 0.29) is 19.0 Å². The first kappa shape index (κ1) is 24.6.